The number of pyridine rings is 1. The van der Waals surface area contributed by atoms with Gasteiger partial charge in [-0.05, 0) is 42.1 Å². The van der Waals surface area contributed by atoms with Gasteiger partial charge < -0.3 is 10.6 Å². The third-order valence-electron chi connectivity index (χ3n) is 2.90. The van der Waals surface area contributed by atoms with Crippen LogP contribution in [-0.2, 0) is 4.79 Å². The molecule has 7 nitrogen and oxygen atoms in total. The van der Waals surface area contributed by atoms with E-state index in [4.69, 9.17) is 5.26 Å². The molecule has 0 aliphatic heterocycles. The Morgan fingerprint density at radius 2 is 2.08 bits per heavy atom. The number of anilines is 3. The van der Waals surface area contributed by atoms with E-state index in [1.54, 1.807) is 12.1 Å². The number of nitrogens with zero attached hydrogens (tertiary/aromatic N) is 4. The molecule has 0 aliphatic rings. The maximum atomic E-state index is 11.1. The predicted molar refractivity (Wildman–Crippen MR) is 97.0 cm³/mol. The summed E-state index contributed by atoms with van der Waals surface area (Å²) in [4.78, 5) is 15.3. The summed E-state index contributed by atoms with van der Waals surface area (Å²) in [6.45, 7) is 1.46. The van der Waals surface area contributed by atoms with Crippen molar-refractivity contribution in [2.45, 2.75) is 16.3 Å². The van der Waals surface area contributed by atoms with E-state index < -0.39 is 0 Å². The number of nitriles is 1. The van der Waals surface area contributed by atoms with Crippen molar-refractivity contribution in [3.63, 3.8) is 0 Å². The Morgan fingerprint density at radius 3 is 2.80 bits per heavy atom. The van der Waals surface area contributed by atoms with Crippen molar-refractivity contribution >= 4 is 45.5 Å². The molecule has 9 heteroatoms. The summed E-state index contributed by atoms with van der Waals surface area (Å²) < 4.78 is 0.734. The van der Waals surface area contributed by atoms with Crippen LogP contribution in [-0.4, -0.2) is 21.1 Å². The quantitative estimate of drug-likeness (QED) is 0.708. The van der Waals surface area contributed by atoms with E-state index in [9.17, 15) is 4.79 Å². The molecule has 0 aliphatic carbocycles. The van der Waals surface area contributed by atoms with Gasteiger partial charge in [-0.3, -0.25) is 4.79 Å². The molecule has 3 aromatic rings. The smallest absolute Gasteiger partial charge is 0.221 e. The van der Waals surface area contributed by atoms with Gasteiger partial charge in [0.05, 0.1) is 5.56 Å². The zero-order valence-corrected chi connectivity index (χ0v) is 14.7. The third kappa shape index (κ3) is 4.76. The number of benzene rings is 1. The molecule has 2 aromatic heterocycles. The zero-order chi connectivity index (χ0) is 17.6. The maximum absolute atomic E-state index is 11.1. The fourth-order valence-electron chi connectivity index (χ4n) is 1.90. The van der Waals surface area contributed by atoms with E-state index in [-0.39, 0.29) is 5.91 Å². The van der Waals surface area contributed by atoms with Crippen LogP contribution < -0.4 is 10.6 Å². The Labute approximate surface area is 152 Å². The lowest BCUT2D eigenvalue weighted by molar-refractivity contribution is -0.114. The molecular weight excluding hydrogens is 356 g/mol. The average Bonchev–Trinajstić information content (AvgIpc) is 3.02. The van der Waals surface area contributed by atoms with Gasteiger partial charge in [-0.15, -0.1) is 10.2 Å². The molecule has 0 spiro atoms. The highest BCUT2D eigenvalue weighted by atomic mass is 32.2. The predicted octanol–water partition coefficient (Wildman–Crippen LogP) is 3.66. The standard InChI is InChI=1S/C16H12N6OS2/c1-10(23)19-12-3-2-4-13(7-12)20-15-21-22-16(25-15)24-14-6-5-11(8-17)9-18-14/h2-7,9H,1H3,(H,19,23)(H,20,21). The maximum Gasteiger partial charge on any atom is 0.221 e. The first-order valence-corrected chi connectivity index (χ1v) is 8.78. The largest absolute Gasteiger partial charge is 0.330 e. The summed E-state index contributed by atoms with van der Waals surface area (Å²) in [5.41, 5.74) is 2.02. The van der Waals surface area contributed by atoms with E-state index >= 15 is 0 Å². The Balaban J connectivity index is 1.67. The van der Waals surface area contributed by atoms with Gasteiger partial charge in [0.1, 0.15) is 11.1 Å². The first kappa shape index (κ1) is 16.9. The van der Waals surface area contributed by atoms with Crippen molar-refractivity contribution < 1.29 is 4.79 Å². The molecule has 1 aromatic carbocycles. The number of rotatable bonds is 5. The monoisotopic (exact) mass is 368 g/mol. The van der Waals surface area contributed by atoms with Crippen LogP contribution in [0.15, 0.2) is 52.0 Å². The van der Waals surface area contributed by atoms with Gasteiger partial charge in [-0.2, -0.15) is 5.26 Å². The van der Waals surface area contributed by atoms with Crippen molar-refractivity contribution in [1.29, 1.82) is 5.26 Å². The van der Waals surface area contributed by atoms with Crippen LogP contribution in [0.2, 0.25) is 0 Å². The summed E-state index contributed by atoms with van der Waals surface area (Å²) in [7, 11) is 0. The second kappa shape index (κ2) is 7.74. The minimum atomic E-state index is -0.123. The van der Waals surface area contributed by atoms with Crippen molar-refractivity contribution in [3.05, 3.63) is 48.2 Å². The Kier molecular flexibility index (Phi) is 5.23. The van der Waals surface area contributed by atoms with Crippen LogP contribution in [0.25, 0.3) is 0 Å². The van der Waals surface area contributed by atoms with Crippen LogP contribution in [0.3, 0.4) is 0 Å². The molecule has 0 saturated carbocycles. The summed E-state index contributed by atoms with van der Waals surface area (Å²) in [6, 6.07) is 12.9. The summed E-state index contributed by atoms with van der Waals surface area (Å²) >= 11 is 2.77. The van der Waals surface area contributed by atoms with Gasteiger partial charge in [0, 0.05) is 24.5 Å². The number of hydrogen-bond acceptors (Lipinski definition) is 8. The number of aromatic nitrogens is 3. The molecule has 1 amide bonds. The van der Waals surface area contributed by atoms with Crippen LogP contribution in [0.5, 0.6) is 0 Å². The lowest BCUT2D eigenvalue weighted by Gasteiger charge is -2.05. The highest BCUT2D eigenvalue weighted by Crippen LogP contribution is 2.32. The van der Waals surface area contributed by atoms with Crippen molar-refractivity contribution in [1.82, 2.24) is 15.2 Å². The summed E-state index contributed by atoms with van der Waals surface area (Å²) in [5, 5.41) is 24.3. The number of carbonyl (C=O) groups excluding carboxylic acids is 1. The fraction of sp³-hybridized carbons (Fsp3) is 0.0625. The van der Waals surface area contributed by atoms with Gasteiger partial charge >= 0.3 is 0 Å². The van der Waals surface area contributed by atoms with Crippen LogP contribution in [0.1, 0.15) is 12.5 Å². The first-order chi connectivity index (χ1) is 12.1. The molecule has 0 unspecified atom stereocenters. The number of nitrogens with one attached hydrogen (secondary N) is 2. The Morgan fingerprint density at radius 1 is 1.24 bits per heavy atom. The van der Waals surface area contributed by atoms with Gasteiger partial charge in [-0.25, -0.2) is 4.98 Å². The highest BCUT2D eigenvalue weighted by molar-refractivity contribution is 8.01. The van der Waals surface area contributed by atoms with E-state index in [1.807, 2.05) is 30.3 Å². The minimum absolute atomic E-state index is 0.123. The van der Waals surface area contributed by atoms with Crippen molar-refractivity contribution in [2.24, 2.45) is 0 Å². The molecule has 2 heterocycles. The molecule has 0 radical (unpaired) electrons. The third-order valence-corrected chi connectivity index (χ3v) is 4.74. The van der Waals surface area contributed by atoms with Crippen LogP contribution >= 0.6 is 23.1 Å². The molecule has 25 heavy (non-hydrogen) atoms. The molecule has 0 bridgehead atoms. The normalized spacial score (nSPS) is 10.1. The van der Waals surface area contributed by atoms with Gasteiger partial charge in [-0.1, -0.05) is 17.4 Å². The van der Waals surface area contributed by atoms with Crippen LogP contribution in [0, 0.1) is 11.3 Å². The average molecular weight is 368 g/mol. The summed E-state index contributed by atoms with van der Waals surface area (Å²) in [5.74, 6) is -0.123. The molecule has 2 N–H and O–H groups in total. The second-order valence-corrected chi connectivity index (χ2v) is 7.10. The molecule has 0 saturated heterocycles. The van der Waals surface area contributed by atoms with E-state index in [0.717, 1.165) is 15.1 Å². The Bertz CT molecular complexity index is 932. The van der Waals surface area contributed by atoms with E-state index in [1.165, 1.54) is 36.2 Å². The molecular formula is C16H12N6OS2. The van der Waals surface area contributed by atoms with Crippen molar-refractivity contribution in [2.75, 3.05) is 10.6 Å². The van der Waals surface area contributed by atoms with Gasteiger partial charge in [0.15, 0.2) is 4.34 Å². The number of carbonyl (C=O) groups is 1. The van der Waals surface area contributed by atoms with Gasteiger partial charge in [0.2, 0.25) is 11.0 Å². The van der Waals surface area contributed by atoms with Crippen LogP contribution in [0.4, 0.5) is 16.5 Å². The number of amides is 1. The van der Waals surface area contributed by atoms with E-state index in [0.29, 0.717) is 16.4 Å². The van der Waals surface area contributed by atoms with Crippen molar-refractivity contribution in [3.8, 4) is 6.07 Å². The number of hydrogen-bond donors (Lipinski definition) is 2. The molecule has 0 atom stereocenters. The first-order valence-electron chi connectivity index (χ1n) is 7.14. The topological polar surface area (TPSA) is 104 Å². The second-order valence-electron chi connectivity index (χ2n) is 4.86. The molecule has 0 fully saturated rings. The molecule has 124 valence electrons. The summed E-state index contributed by atoms with van der Waals surface area (Å²) in [6.07, 6.45) is 1.52. The molecule has 3 rings (SSSR count). The lowest BCUT2D eigenvalue weighted by atomic mass is 10.3. The highest BCUT2D eigenvalue weighted by Gasteiger charge is 2.08. The van der Waals surface area contributed by atoms with E-state index in [2.05, 4.69) is 25.8 Å². The zero-order valence-electron chi connectivity index (χ0n) is 13.1. The SMILES string of the molecule is CC(=O)Nc1cccc(Nc2nnc(Sc3ccc(C#N)cn3)s2)c1. The minimum Gasteiger partial charge on any atom is -0.330 e. The van der Waals surface area contributed by atoms with Gasteiger partial charge in [0.25, 0.3) is 0 Å². The fourth-order valence-corrected chi connectivity index (χ4v) is 3.56. The lowest BCUT2D eigenvalue weighted by Crippen LogP contribution is -2.05. The Hall–Kier alpha value is -2.96.